The quantitative estimate of drug-likeness (QED) is 0.157. The van der Waals surface area contributed by atoms with Crippen LogP contribution in [0.2, 0.25) is 0 Å². The highest BCUT2D eigenvalue weighted by molar-refractivity contribution is 7.25. The summed E-state index contributed by atoms with van der Waals surface area (Å²) in [4.78, 5) is 2.63. The van der Waals surface area contributed by atoms with Gasteiger partial charge in [0.05, 0.1) is 22.2 Å². The van der Waals surface area contributed by atoms with Gasteiger partial charge in [-0.05, 0) is 117 Å². The number of hydrogen-bond acceptors (Lipinski definition) is 2. The van der Waals surface area contributed by atoms with Gasteiger partial charge in [0.15, 0.2) is 0 Å². The van der Waals surface area contributed by atoms with E-state index in [-0.39, 0.29) is 6.71 Å². The third kappa shape index (κ3) is 5.55. The Morgan fingerprint density at radius 1 is 0.310 bits per heavy atom. The van der Waals surface area contributed by atoms with Crippen LogP contribution in [0.3, 0.4) is 0 Å². The number of nitrogens with zero attached hydrogens (tertiary/aromatic N) is 3. The van der Waals surface area contributed by atoms with Crippen molar-refractivity contribution in [3.63, 3.8) is 0 Å². The summed E-state index contributed by atoms with van der Waals surface area (Å²) in [6, 6.07) is 90.7. The summed E-state index contributed by atoms with van der Waals surface area (Å²) in [5.74, 6) is 0. The standard InChI is InChI=1S/C66H40BN3S/c1-5-18-41(19-6-1)44-32-33-57(50(34-44)43-22-9-3-10-23-43)69-60-38-52-47-26-13-15-30-56(47)68(46-24-11-4-12-25-46)58(52)39-55(60)67-54-29-17-28-49-51-37-53-48-27-14-16-31-63(48)71-64(53)40-59(51)70(66(49)54)62-36-45(35-61(69)65(62)67)42-20-7-2-8-21-42/h1-40H. The Labute approximate surface area is 414 Å². The van der Waals surface area contributed by atoms with Crippen LogP contribution in [-0.4, -0.2) is 15.8 Å². The highest BCUT2D eigenvalue weighted by Crippen LogP contribution is 2.49. The first-order valence-corrected chi connectivity index (χ1v) is 25.3. The molecule has 14 aromatic rings. The summed E-state index contributed by atoms with van der Waals surface area (Å²) in [7, 11) is 0. The molecule has 16 rings (SSSR count). The lowest BCUT2D eigenvalue weighted by Gasteiger charge is -2.41. The van der Waals surface area contributed by atoms with E-state index in [1.165, 1.54) is 131 Å². The molecule has 0 bridgehead atoms. The molecular formula is C66H40BN3S. The minimum absolute atomic E-state index is 0.0612. The summed E-state index contributed by atoms with van der Waals surface area (Å²) >= 11 is 1.89. The van der Waals surface area contributed by atoms with Gasteiger partial charge in [-0.3, -0.25) is 0 Å². The van der Waals surface area contributed by atoms with Crippen molar-refractivity contribution in [1.82, 2.24) is 9.13 Å². The number of benzene rings is 11. The van der Waals surface area contributed by atoms with Gasteiger partial charge in [-0.1, -0.05) is 170 Å². The molecule has 0 aliphatic carbocycles. The smallest absolute Gasteiger partial charge is 0.252 e. The lowest BCUT2D eigenvalue weighted by molar-refractivity contribution is 1.17. The van der Waals surface area contributed by atoms with E-state index in [4.69, 9.17) is 0 Å². The van der Waals surface area contributed by atoms with Crippen LogP contribution in [0.15, 0.2) is 243 Å². The molecule has 71 heavy (non-hydrogen) atoms. The monoisotopic (exact) mass is 917 g/mol. The van der Waals surface area contributed by atoms with E-state index < -0.39 is 0 Å². The largest absolute Gasteiger partial charge is 0.311 e. The first kappa shape index (κ1) is 39.0. The molecule has 0 unspecified atom stereocenters. The Kier molecular flexibility index (Phi) is 8.13. The Hall–Kier alpha value is -8.90. The molecule has 2 aliphatic rings. The number of rotatable bonds is 5. The van der Waals surface area contributed by atoms with E-state index in [9.17, 15) is 0 Å². The maximum absolute atomic E-state index is 2.63. The van der Waals surface area contributed by atoms with E-state index in [0.29, 0.717) is 0 Å². The number of aromatic nitrogens is 2. The fraction of sp³-hybridized carbons (Fsp3) is 0. The van der Waals surface area contributed by atoms with Crippen molar-refractivity contribution in [2.45, 2.75) is 0 Å². The molecule has 5 heterocycles. The van der Waals surface area contributed by atoms with Crippen LogP contribution in [0.25, 0.3) is 109 Å². The van der Waals surface area contributed by atoms with Crippen LogP contribution < -0.4 is 21.3 Å². The zero-order chi connectivity index (χ0) is 46.3. The second-order valence-corrected chi connectivity index (χ2v) is 20.3. The van der Waals surface area contributed by atoms with Crippen molar-refractivity contribution in [3.05, 3.63) is 243 Å². The second-order valence-electron chi connectivity index (χ2n) is 19.2. The fourth-order valence-corrected chi connectivity index (χ4v) is 13.6. The van der Waals surface area contributed by atoms with Crippen LogP contribution >= 0.6 is 11.3 Å². The lowest BCUT2D eigenvalue weighted by Crippen LogP contribution is -2.60. The summed E-state index contributed by atoms with van der Waals surface area (Å²) in [5.41, 5.74) is 21.9. The molecule has 3 aromatic heterocycles. The van der Waals surface area contributed by atoms with Crippen molar-refractivity contribution in [3.8, 4) is 44.8 Å². The van der Waals surface area contributed by atoms with Gasteiger partial charge in [-0.15, -0.1) is 11.3 Å². The van der Waals surface area contributed by atoms with E-state index >= 15 is 0 Å². The Bertz CT molecular complexity index is 4510. The molecule has 2 aliphatic heterocycles. The fourth-order valence-electron chi connectivity index (χ4n) is 12.4. The summed E-state index contributed by atoms with van der Waals surface area (Å²) in [5, 5.41) is 7.68. The van der Waals surface area contributed by atoms with Gasteiger partial charge in [0.2, 0.25) is 0 Å². The first-order valence-electron chi connectivity index (χ1n) is 24.5. The maximum Gasteiger partial charge on any atom is 0.252 e. The third-order valence-electron chi connectivity index (χ3n) is 15.5. The number of fused-ring (bicyclic) bond motifs is 13. The van der Waals surface area contributed by atoms with E-state index in [1.807, 2.05) is 11.3 Å². The van der Waals surface area contributed by atoms with Crippen LogP contribution in [-0.2, 0) is 0 Å². The molecular weight excluding hydrogens is 878 g/mol. The van der Waals surface area contributed by atoms with Gasteiger partial charge in [-0.2, -0.15) is 0 Å². The molecule has 0 radical (unpaired) electrons. The second kappa shape index (κ2) is 14.8. The van der Waals surface area contributed by atoms with Gasteiger partial charge in [0.25, 0.3) is 6.71 Å². The molecule has 3 nitrogen and oxygen atoms in total. The predicted octanol–water partition coefficient (Wildman–Crippen LogP) is 15.9. The minimum atomic E-state index is -0.0612. The molecule has 0 amide bonds. The lowest BCUT2D eigenvalue weighted by atomic mass is 9.33. The van der Waals surface area contributed by atoms with E-state index in [1.54, 1.807) is 0 Å². The topological polar surface area (TPSA) is 13.1 Å². The van der Waals surface area contributed by atoms with Crippen LogP contribution in [0.5, 0.6) is 0 Å². The van der Waals surface area contributed by atoms with Crippen molar-refractivity contribution in [2.24, 2.45) is 0 Å². The third-order valence-corrected chi connectivity index (χ3v) is 16.6. The molecule has 0 saturated heterocycles. The molecule has 11 aromatic carbocycles. The summed E-state index contributed by atoms with van der Waals surface area (Å²) < 4.78 is 7.74. The summed E-state index contributed by atoms with van der Waals surface area (Å²) in [6.45, 7) is -0.0612. The van der Waals surface area contributed by atoms with Gasteiger partial charge in [0, 0.05) is 75.5 Å². The van der Waals surface area contributed by atoms with Gasteiger partial charge < -0.3 is 14.0 Å². The molecule has 5 heteroatoms. The Morgan fingerprint density at radius 2 is 0.944 bits per heavy atom. The number of thiophene rings is 1. The highest BCUT2D eigenvalue weighted by Gasteiger charge is 2.43. The van der Waals surface area contributed by atoms with Gasteiger partial charge >= 0.3 is 0 Å². The average Bonchev–Trinajstić information content (AvgIpc) is 4.09. The van der Waals surface area contributed by atoms with Crippen molar-refractivity contribution in [2.75, 3.05) is 4.90 Å². The molecule has 0 N–H and O–H groups in total. The Balaban J connectivity index is 1.09. The van der Waals surface area contributed by atoms with E-state index in [0.717, 1.165) is 11.4 Å². The van der Waals surface area contributed by atoms with Crippen molar-refractivity contribution in [1.29, 1.82) is 0 Å². The van der Waals surface area contributed by atoms with Crippen molar-refractivity contribution >= 4 is 115 Å². The minimum Gasteiger partial charge on any atom is -0.311 e. The normalized spacial score (nSPS) is 12.7. The number of para-hydroxylation sites is 3. The Morgan fingerprint density at radius 3 is 1.73 bits per heavy atom. The van der Waals surface area contributed by atoms with E-state index in [2.05, 4.69) is 257 Å². The SMILES string of the molecule is c1ccc(-c2ccc(N3c4cc5c6ccccc6n(-c6ccccc6)c5cc4B4c5c3cc(-c3ccccc3)cc5-n3c5cc6sc7ccccc7c6cc5c5cccc4c53)c(-c3ccccc3)c2)cc1. The summed E-state index contributed by atoms with van der Waals surface area (Å²) in [6.07, 6.45) is 0. The van der Waals surface area contributed by atoms with Crippen LogP contribution in [0.4, 0.5) is 17.1 Å². The van der Waals surface area contributed by atoms with Crippen LogP contribution in [0, 0.1) is 0 Å². The zero-order valence-corrected chi connectivity index (χ0v) is 39.2. The molecule has 0 fully saturated rings. The van der Waals surface area contributed by atoms with Crippen LogP contribution in [0.1, 0.15) is 0 Å². The van der Waals surface area contributed by atoms with Gasteiger partial charge in [0.1, 0.15) is 0 Å². The van der Waals surface area contributed by atoms with Crippen molar-refractivity contribution < 1.29 is 0 Å². The molecule has 0 saturated carbocycles. The highest BCUT2D eigenvalue weighted by atomic mass is 32.1. The molecule has 0 atom stereocenters. The molecule has 328 valence electrons. The number of anilines is 3. The average molecular weight is 918 g/mol. The van der Waals surface area contributed by atoms with Gasteiger partial charge in [-0.25, -0.2) is 0 Å². The first-order chi connectivity index (χ1) is 35.2. The number of hydrogen-bond donors (Lipinski definition) is 0. The zero-order valence-electron chi connectivity index (χ0n) is 38.4. The maximum atomic E-state index is 2.63. The predicted molar refractivity (Wildman–Crippen MR) is 304 cm³/mol. The molecule has 0 spiro atoms.